The molecule has 0 spiro atoms. The molecule has 0 bridgehead atoms. The zero-order valence-electron chi connectivity index (χ0n) is 23.5. The van der Waals surface area contributed by atoms with Gasteiger partial charge in [-0.2, -0.15) is 0 Å². The van der Waals surface area contributed by atoms with Gasteiger partial charge in [-0.1, -0.05) is 131 Å². The lowest BCUT2D eigenvalue weighted by Gasteiger charge is -2.17. The normalized spacial score (nSPS) is 12.3. The van der Waals surface area contributed by atoms with E-state index in [9.17, 15) is 9.59 Å². The van der Waals surface area contributed by atoms with Gasteiger partial charge in [-0.05, 0) is 38.5 Å². The van der Waals surface area contributed by atoms with Crippen LogP contribution >= 0.6 is 21.6 Å². The summed E-state index contributed by atoms with van der Waals surface area (Å²) in [6, 6.07) is 0. The van der Waals surface area contributed by atoms with Crippen LogP contribution in [0, 0.1) is 0 Å². The topological polar surface area (TPSA) is 63.6 Å². The number of unbranched alkanes of at least 4 members (excludes halogenated alkanes) is 14. The van der Waals surface area contributed by atoms with Gasteiger partial charge in [-0.15, -0.1) is 0 Å². The molecular weight excluding hydrogens is 488 g/mol. The number of carboxylic acid groups (broad SMARTS) is 1. The lowest BCUT2D eigenvalue weighted by Crippen LogP contribution is -2.18. The molecule has 0 aliphatic carbocycles. The van der Waals surface area contributed by atoms with E-state index in [0.717, 1.165) is 32.1 Å². The molecule has 1 unspecified atom stereocenters. The Bertz CT molecular complexity index is 525. The molecule has 0 aromatic carbocycles. The molecule has 6 heteroatoms. The first kappa shape index (κ1) is 35.4. The second-order valence-electron chi connectivity index (χ2n) is 9.87. The number of aliphatic carboxylic acids is 1. The number of hydrogen-bond acceptors (Lipinski definition) is 5. The second kappa shape index (κ2) is 28.9. The Morgan fingerprint density at radius 1 is 0.667 bits per heavy atom. The van der Waals surface area contributed by atoms with Crippen molar-refractivity contribution >= 4 is 33.5 Å². The van der Waals surface area contributed by atoms with Crippen LogP contribution in [-0.2, 0) is 14.3 Å². The molecule has 0 fully saturated rings. The van der Waals surface area contributed by atoms with Crippen molar-refractivity contribution in [2.45, 2.75) is 155 Å². The van der Waals surface area contributed by atoms with E-state index in [-0.39, 0.29) is 18.5 Å². The molecule has 0 heterocycles. The Kier molecular flexibility index (Phi) is 28.4. The smallest absolute Gasteiger partial charge is 0.306 e. The van der Waals surface area contributed by atoms with E-state index in [1.165, 1.54) is 101 Å². The molecule has 0 aliphatic rings. The number of carbonyl (C=O) groups excluding carboxylic acids is 1. The fraction of sp³-hybridized carbons (Fsp3) is 0.867. The molecule has 0 rings (SSSR count). The first-order valence-electron chi connectivity index (χ1n) is 14.9. The van der Waals surface area contributed by atoms with Gasteiger partial charge in [-0.3, -0.25) is 9.59 Å². The lowest BCUT2D eigenvalue weighted by atomic mass is 10.0. The minimum atomic E-state index is -0.775. The van der Waals surface area contributed by atoms with E-state index in [0.29, 0.717) is 17.9 Å². The maximum Gasteiger partial charge on any atom is 0.306 e. The van der Waals surface area contributed by atoms with Crippen LogP contribution < -0.4 is 0 Å². The van der Waals surface area contributed by atoms with Crippen LogP contribution in [0.5, 0.6) is 0 Å². The molecule has 36 heavy (non-hydrogen) atoms. The maximum absolute atomic E-state index is 12.4. The van der Waals surface area contributed by atoms with Crippen molar-refractivity contribution in [2.24, 2.45) is 0 Å². The Hall–Kier alpha value is -0.620. The Morgan fingerprint density at radius 3 is 1.75 bits per heavy atom. The van der Waals surface area contributed by atoms with Crippen molar-refractivity contribution in [1.82, 2.24) is 0 Å². The summed E-state index contributed by atoms with van der Waals surface area (Å²) < 4.78 is 5.85. The van der Waals surface area contributed by atoms with Gasteiger partial charge < -0.3 is 9.84 Å². The summed E-state index contributed by atoms with van der Waals surface area (Å²) in [6.07, 6.45) is 28.9. The first-order valence-corrected chi connectivity index (χ1v) is 17.4. The van der Waals surface area contributed by atoms with Crippen LogP contribution in [0.1, 0.15) is 149 Å². The van der Waals surface area contributed by atoms with Crippen LogP contribution in [0.15, 0.2) is 12.2 Å². The fourth-order valence-electron chi connectivity index (χ4n) is 4.12. The van der Waals surface area contributed by atoms with Gasteiger partial charge in [0.1, 0.15) is 6.10 Å². The van der Waals surface area contributed by atoms with E-state index in [1.807, 2.05) is 0 Å². The van der Waals surface area contributed by atoms with Crippen molar-refractivity contribution in [3.05, 3.63) is 12.2 Å². The molecule has 0 saturated carbocycles. The number of allylic oxidation sites excluding steroid dienone is 2. The zero-order valence-corrected chi connectivity index (χ0v) is 25.1. The van der Waals surface area contributed by atoms with E-state index in [4.69, 9.17) is 9.84 Å². The first-order chi connectivity index (χ1) is 17.6. The van der Waals surface area contributed by atoms with Crippen molar-refractivity contribution in [2.75, 3.05) is 11.5 Å². The minimum absolute atomic E-state index is 0.0191. The SMILES string of the molecule is CCCCC/C=C\CCC(CCCCCCCCCCCCCC)OC(=O)CCSSCCC(=O)O. The van der Waals surface area contributed by atoms with Gasteiger partial charge in [0.05, 0.1) is 12.8 Å². The second-order valence-corrected chi connectivity index (χ2v) is 12.6. The van der Waals surface area contributed by atoms with Crippen LogP contribution in [0.25, 0.3) is 0 Å². The fourth-order valence-corrected chi connectivity index (χ4v) is 6.07. The lowest BCUT2D eigenvalue weighted by molar-refractivity contribution is -0.149. The van der Waals surface area contributed by atoms with Crippen molar-refractivity contribution in [3.63, 3.8) is 0 Å². The quantitative estimate of drug-likeness (QED) is 0.0457. The summed E-state index contributed by atoms with van der Waals surface area (Å²) in [5.74, 6) is 0.354. The summed E-state index contributed by atoms with van der Waals surface area (Å²) in [5, 5.41) is 8.68. The third-order valence-electron chi connectivity index (χ3n) is 6.35. The predicted molar refractivity (Wildman–Crippen MR) is 160 cm³/mol. The third-order valence-corrected chi connectivity index (χ3v) is 8.75. The molecule has 0 aromatic heterocycles. The van der Waals surface area contributed by atoms with E-state index < -0.39 is 5.97 Å². The van der Waals surface area contributed by atoms with Gasteiger partial charge in [0.2, 0.25) is 0 Å². The average Bonchev–Trinajstić information content (AvgIpc) is 2.85. The summed E-state index contributed by atoms with van der Waals surface area (Å²) in [4.78, 5) is 22.9. The summed E-state index contributed by atoms with van der Waals surface area (Å²) in [7, 11) is 3.08. The highest BCUT2D eigenvalue weighted by Crippen LogP contribution is 2.23. The number of hydrogen-bond donors (Lipinski definition) is 1. The van der Waals surface area contributed by atoms with Gasteiger partial charge in [0, 0.05) is 11.5 Å². The molecule has 1 N–H and O–H groups in total. The average molecular weight is 545 g/mol. The molecule has 0 saturated heterocycles. The number of ether oxygens (including phenoxy) is 1. The van der Waals surface area contributed by atoms with Crippen LogP contribution in [0.3, 0.4) is 0 Å². The predicted octanol–water partition coefficient (Wildman–Crippen LogP) is 10.2. The van der Waals surface area contributed by atoms with E-state index in [2.05, 4.69) is 26.0 Å². The van der Waals surface area contributed by atoms with Crippen molar-refractivity contribution in [3.8, 4) is 0 Å². The Morgan fingerprint density at radius 2 is 1.17 bits per heavy atom. The van der Waals surface area contributed by atoms with Crippen LogP contribution in [-0.4, -0.2) is 34.7 Å². The third kappa shape index (κ3) is 28.0. The van der Waals surface area contributed by atoms with E-state index in [1.54, 1.807) is 10.8 Å². The van der Waals surface area contributed by atoms with Crippen LogP contribution in [0.4, 0.5) is 0 Å². The molecule has 212 valence electrons. The summed E-state index contributed by atoms with van der Waals surface area (Å²) >= 11 is 0. The van der Waals surface area contributed by atoms with Crippen molar-refractivity contribution < 1.29 is 19.4 Å². The monoisotopic (exact) mass is 544 g/mol. The highest BCUT2D eigenvalue weighted by atomic mass is 33.1. The molecule has 0 aromatic rings. The highest BCUT2D eigenvalue weighted by Gasteiger charge is 2.14. The maximum atomic E-state index is 12.4. The number of carbonyl (C=O) groups is 2. The molecule has 0 radical (unpaired) electrons. The summed E-state index contributed by atoms with van der Waals surface area (Å²) in [5.41, 5.74) is 0. The molecule has 4 nitrogen and oxygen atoms in total. The standard InChI is InChI=1S/C30H56O4S2/c1-3-5-7-9-11-12-13-14-15-17-19-21-23-28(22-20-18-16-10-8-6-4-2)34-30(33)25-27-36-35-26-24-29(31)32/h16,18,28H,3-15,17,19-27H2,1-2H3,(H,31,32)/b18-16-. The van der Waals surface area contributed by atoms with Gasteiger partial charge >= 0.3 is 11.9 Å². The van der Waals surface area contributed by atoms with Gasteiger partial charge in [-0.25, -0.2) is 0 Å². The molecule has 0 amide bonds. The van der Waals surface area contributed by atoms with Crippen LogP contribution in [0.2, 0.25) is 0 Å². The number of carboxylic acids is 1. The minimum Gasteiger partial charge on any atom is -0.481 e. The van der Waals surface area contributed by atoms with Gasteiger partial charge in [0.15, 0.2) is 0 Å². The highest BCUT2D eigenvalue weighted by molar-refractivity contribution is 8.76. The summed E-state index contributed by atoms with van der Waals surface area (Å²) in [6.45, 7) is 4.50. The molecule has 1 atom stereocenters. The molecule has 0 aliphatic heterocycles. The van der Waals surface area contributed by atoms with Crippen molar-refractivity contribution in [1.29, 1.82) is 0 Å². The zero-order chi connectivity index (χ0) is 26.5. The van der Waals surface area contributed by atoms with E-state index >= 15 is 0 Å². The Balaban J connectivity index is 4.06. The largest absolute Gasteiger partial charge is 0.481 e. The number of rotatable bonds is 28. The van der Waals surface area contributed by atoms with Gasteiger partial charge in [0.25, 0.3) is 0 Å². The molecular formula is C30H56O4S2. The Labute approximate surface area is 231 Å². The number of esters is 1.